The molecule has 0 aromatic heterocycles. The molecule has 6 aliphatic rings. The highest BCUT2D eigenvalue weighted by molar-refractivity contribution is 6.00. The van der Waals surface area contributed by atoms with E-state index < -0.39 is 0 Å². The molecule has 2 saturated heterocycles. The predicted molar refractivity (Wildman–Crippen MR) is 74.4 cm³/mol. The summed E-state index contributed by atoms with van der Waals surface area (Å²) < 4.78 is 5.42. The van der Waals surface area contributed by atoms with Crippen molar-refractivity contribution in [1.29, 1.82) is 0 Å². The van der Waals surface area contributed by atoms with Gasteiger partial charge in [0.05, 0.1) is 30.7 Å². The lowest BCUT2D eigenvalue weighted by molar-refractivity contribution is -0.150. The van der Waals surface area contributed by atoms with Crippen LogP contribution in [0.25, 0.3) is 0 Å². The number of carbonyl (C=O) groups is 2. The van der Waals surface area contributed by atoms with Gasteiger partial charge in [0.15, 0.2) is 0 Å². The molecule has 0 radical (unpaired) electrons. The minimum atomic E-state index is -0.177. The van der Waals surface area contributed by atoms with Crippen LogP contribution >= 0.6 is 0 Å². The molecule has 2 unspecified atom stereocenters. The topological polar surface area (TPSA) is 58.6 Å². The molecule has 2 atom stereocenters. The third-order valence-electron chi connectivity index (χ3n) is 6.61. The summed E-state index contributed by atoms with van der Waals surface area (Å²) in [6.07, 6.45) is 7.07. The van der Waals surface area contributed by atoms with Gasteiger partial charge < -0.3 is 10.1 Å². The van der Waals surface area contributed by atoms with Gasteiger partial charge in [-0.15, -0.1) is 0 Å². The van der Waals surface area contributed by atoms with E-state index in [0.29, 0.717) is 13.2 Å². The standard InChI is InChI=1S/C16H22N2O3/c19-14-12-7-21-8-13(12)17-15(20)18(14)16-4-9-1-10(5-16)3-11(2-9)6-16/h9-13H,1-8H2,(H,17,20). The van der Waals surface area contributed by atoms with Crippen LogP contribution in [0.5, 0.6) is 0 Å². The molecule has 114 valence electrons. The SMILES string of the molecule is O=C1NC2COCC2C(=O)N1C12CC3CC(CC(C3)C1)C2. The third kappa shape index (κ3) is 1.61. The zero-order valence-corrected chi connectivity index (χ0v) is 12.2. The van der Waals surface area contributed by atoms with Crippen molar-refractivity contribution in [3.63, 3.8) is 0 Å². The molecule has 1 N–H and O–H groups in total. The number of fused-ring (bicyclic) bond motifs is 1. The Morgan fingerprint density at radius 3 is 2.24 bits per heavy atom. The first-order valence-corrected chi connectivity index (χ1v) is 8.37. The number of imide groups is 1. The Hall–Kier alpha value is -1.10. The van der Waals surface area contributed by atoms with E-state index in [1.807, 2.05) is 0 Å². The Balaban J connectivity index is 1.51. The van der Waals surface area contributed by atoms with Crippen molar-refractivity contribution in [2.45, 2.75) is 50.1 Å². The number of rotatable bonds is 1. The lowest BCUT2D eigenvalue weighted by Crippen LogP contribution is -2.70. The van der Waals surface area contributed by atoms with Crippen LogP contribution < -0.4 is 5.32 Å². The number of urea groups is 1. The van der Waals surface area contributed by atoms with E-state index in [1.165, 1.54) is 19.3 Å². The first-order chi connectivity index (χ1) is 10.1. The summed E-state index contributed by atoms with van der Waals surface area (Å²) in [6.45, 7) is 0.948. The average molecular weight is 290 g/mol. The highest BCUT2D eigenvalue weighted by atomic mass is 16.5. The van der Waals surface area contributed by atoms with Crippen LogP contribution in [0.1, 0.15) is 38.5 Å². The smallest absolute Gasteiger partial charge is 0.324 e. The van der Waals surface area contributed by atoms with E-state index in [0.717, 1.165) is 37.0 Å². The Labute approximate surface area is 124 Å². The van der Waals surface area contributed by atoms with E-state index in [1.54, 1.807) is 4.90 Å². The molecule has 6 rings (SSSR count). The fourth-order valence-electron chi connectivity index (χ4n) is 6.22. The molecular formula is C16H22N2O3. The average Bonchev–Trinajstić information content (AvgIpc) is 2.84. The van der Waals surface area contributed by atoms with Crippen LogP contribution in [0.2, 0.25) is 0 Å². The van der Waals surface area contributed by atoms with E-state index >= 15 is 0 Å². The van der Waals surface area contributed by atoms with Gasteiger partial charge in [0.25, 0.3) is 0 Å². The van der Waals surface area contributed by atoms with Crippen LogP contribution in [0.4, 0.5) is 4.79 Å². The van der Waals surface area contributed by atoms with Crippen molar-refractivity contribution in [1.82, 2.24) is 10.2 Å². The van der Waals surface area contributed by atoms with Crippen molar-refractivity contribution in [3.8, 4) is 0 Å². The zero-order chi connectivity index (χ0) is 14.2. The number of hydrogen-bond donors (Lipinski definition) is 1. The number of nitrogens with one attached hydrogen (secondary N) is 1. The fourth-order valence-corrected chi connectivity index (χ4v) is 6.22. The highest BCUT2D eigenvalue weighted by Gasteiger charge is 2.59. The molecule has 6 fully saturated rings. The quantitative estimate of drug-likeness (QED) is 0.796. The lowest BCUT2D eigenvalue weighted by Gasteiger charge is -2.60. The summed E-state index contributed by atoms with van der Waals surface area (Å²) in [5.74, 6) is 2.07. The molecule has 2 heterocycles. The summed E-state index contributed by atoms with van der Waals surface area (Å²) >= 11 is 0. The lowest BCUT2D eigenvalue weighted by atomic mass is 9.52. The van der Waals surface area contributed by atoms with Gasteiger partial charge in [-0.1, -0.05) is 0 Å². The van der Waals surface area contributed by atoms with Gasteiger partial charge in [0.2, 0.25) is 5.91 Å². The second kappa shape index (κ2) is 4.00. The van der Waals surface area contributed by atoms with Crippen molar-refractivity contribution in [2.75, 3.05) is 13.2 Å². The summed E-state index contributed by atoms with van der Waals surface area (Å²) in [5, 5.41) is 3.02. The van der Waals surface area contributed by atoms with Gasteiger partial charge >= 0.3 is 6.03 Å². The molecule has 0 spiro atoms. The number of ether oxygens (including phenoxy) is 1. The second-order valence-corrected chi connectivity index (χ2v) is 8.02. The number of amides is 3. The van der Waals surface area contributed by atoms with Gasteiger partial charge in [-0.25, -0.2) is 4.79 Å². The van der Waals surface area contributed by atoms with Crippen LogP contribution in [0.15, 0.2) is 0 Å². The third-order valence-corrected chi connectivity index (χ3v) is 6.61. The van der Waals surface area contributed by atoms with Gasteiger partial charge in [0.1, 0.15) is 0 Å². The Morgan fingerprint density at radius 2 is 1.62 bits per heavy atom. The fraction of sp³-hybridized carbons (Fsp3) is 0.875. The molecule has 0 aromatic carbocycles. The molecule has 4 saturated carbocycles. The van der Waals surface area contributed by atoms with E-state index in [9.17, 15) is 9.59 Å². The summed E-state index contributed by atoms with van der Waals surface area (Å²) in [5.41, 5.74) is -0.177. The maximum Gasteiger partial charge on any atom is 0.324 e. The van der Waals surface area contributed by atoms with Crippen LogP contribution in [-0.2, 0) is 9.53 Å². The van der Waals surface area contributed by atoms with Gasteiger partial charge in [-0.05, 0) is 56.3 Å². The molecule has 5 heteroatoms. The van der Waals surface area contributed by atoms with Crippen LogP contribution in [0.3, 0.4) is 0 Å². The molecule has 21 heavy (non-hydrogen) atoms. The maximum absolute atomic E-state index is 12.9. The zero-order valence-electron chi connectivity index (χ0n) is 12.2. The molecular weight excluding hydrogens is 268 g/mol. The molecule has 2 aliphatic heterocycles. The van der Waals surface area contributed by atoms with Crippen molar-refractivity contribution >= 4 is 11.9 Å². The highest BCUT2D eigenvalue weighted by Crippen LogP contribution is 2.58. The van der Waals surface area contributed by atoms with Gasteiger partial charge in [-0.2, -0.15) is 0 Å². The number of hydrogen-bond acceptors (Lipinski definition) is 3. The van der Waals surface area contributed by atoms with Crippen LogP contribution in [-0.4, -0.2) is 41.6 Å². The first kappa shape index (κ1) is 12.4. The van der Waals surface area contributed by atoms with Gasteiger partial charge in [-0.3, -0.25) is 9.69 Å². The molecule has 3 amide bonds. The molecule has 4 bridgehead atoms. The number of carbonyl (C=O) groups excluding carboxylic acids is 2. The maximum atomic E-state index is 12.9. The molecule has 5 nitrogen and oxygen atoms in total. The minimum absolute atomic E-state index is 0.0307. The summed E-state index contributed by atoms with van der Waals surface area (Å²) in [7, 11) is 0. The van der Waals surface area contributed by atoms with E-state index in [4.69, 9.17) is 4.74 Å². The van der Waals surface area contributed by atoms with Crippen molar-refractivity contribution in [2.24, 2.45) is 23.7 Å². The van der Waals surface area contributed by atoms with Crippen molar-refractivity contribution < 1.29 is 14.3 Å². The minimum Gasteiger partial charge on any atom is -0.378 e. The summed E-state index contributed by atoms with van der Waals surface area (Å²) in [4.78, 5) is 27.2. The Morgan fingerprint density at radius 1 is 1.00 bits per heavy atom. The molecule has 4 aliphatic carbocycles. The largest absolute Gasteiger partial charge is 0.378 e. The normalized spacial score (nSPS) is 51.2. The summed E-state index contributed by atoms with van der Waals surface area (Å²) in [6, 6.07) is -0.260. The molecule has 0 aromatic rings. The monoisotopic (exact) mass is 290 g/mol. The second-order valence-electron chi connectivity index (χ2n) is 8.02. The Kier molecular flexibility index (Phi) is 2.37. The van der Waals surface area contributed by atoms with Gasteiger partial charge in [0, 0.05) is 0 Å². The first-order valence-electron chi connectivity index (χ1n) is 8.37. The van der Waals surface area contributed by atoms with Crippen molar-refractivity contribution in [3.05, 3.63) is 0 Å². The number of nitrogens with zero attached hydrogens (tertiary/aromatic N) is 1. The van der Waals surface area contributed by atoms with E-state index in [2.05, 4.69) is 5.32 Å². The Bertz CT molecular complexity index is 482. The predicted octanol–water partition coefficient (Wildman–Crippen LogP) is 1.52. The van der Waals surface area contributed by atoms with Crippen LogP contribution in [0, 0.1) is 23.7 Å². The van der Waals surface area contributed by atoms with E-state index in [-0.39, 0.29) is 29.4 Å².